The van der Waals surface area contributed by atoms with Crippen LogP contribution in [-0.4, -0.2) is 54.5 Å². The summed E-state index contributed by atoms with van der Waals surface area (Å²) in [7, 11) is 1.21. The number of ether oxygens (including phenoxy) is 2. The fraction of sp³-hybridized carbons (Fsp3) is 0.667. The molecule has 0 spiro atoms. The number of carbonyl (C=O) groups is 2. The molecule has 2 unspecified atom stereocenters. The molecule has 1 aliphatic carbocycles. The number of nitrogens with zero attached hydrogens (tertiary/aromatic N) is 2. The zero-order chi connectivity index (χ0) is 17.5. The van der Waals surface area contributed by atoms with Crippen LogP contribution in [0.1, 0.15) is 29.6 Å². The van der Waals surface area contributed by atoms with Gasteiger partial charge < -0.3 is 18.8 Å². The number of aromatic nitrogens is 1. The van der Waals surface area contributed by atoms with Crippen molar-refractivity contribution in [1.29, 1.82) is 0 Å². The molecule has 1 saturated heterocycles. The third kappa shape index (κ3) is 2.56. The summed E-state index contributed by atoms with van der Waals surface area (Å²) in [5.41, 5.74) is -0.990. The maximum Gasteiger partial charge on any atom is 0.360 e. The van der Waals surface area contributed by atoms with Crippen molar-refractivity contribution in [3.8, 4) is 0 Å². The molecule has 1 amide bonds. The lowest BCUT2D eigenvalue weighted by atomic mass is 9.97. The van der Waals surface area contributed by atoms with Crippen LogP contribution in [0.3, 0.4) is 0 Å². The third-order valence-electron chi connectivity index (χ3n) is 5.02. The van der Waals surface area contributed by atoms with Crippen LogP contribution in [0.2, 0.25) is 0 Å². The Morgan fingerprint density at radius 2 is 2.25 bits per heavy atom. The van der Waals surface area contributed by atoms with Gasteiger partial charge in [-0.05, 0) is 6.42 Å². The Morgan fingerprint density at radius 3 is 2.92 bits per heavy atom. The molecule has 1 aromatic heterocycles. The number of rotatable bonds is 5. The van der Waals surface area contributed by atoms with Gasteiger partial charge in [0.1, 0.15) is 13.2 Å². The number of hydrogen-bond donors (Lipinski definition) is 0. The minimum atomic E-state index is -2.70. The second-order valence-corrected chi connectivity index (χ2v) is 6.29. The van der Waals surface area contributed by atoms with E-state index in [0.29, 0.717) is 6.54 Å². The van der Waals surface area contributed by atoms with Gasteiger partial charge in [-0.25, -0.2) is 18.6 Å². The van der Waals surface area contributed by atoms with Crippen LogP contribution in [0, 0.1) is 11.3 Å². The highest BCUT2D eigenvalue weighted by Crippen LogP contribution is 2.69. The first-order valence-corrected chi connectivity index (χ1v) is 7.55. The van der Waals surface area contributed by atoms with Gasteiger partial charge in [0, 0.05) is 18.5 Å². The average Bonchev–Trinajstić information content (AvgIpc) is 2.89. The molecule has 3 rings (SSSR count). The van der Waals surface area contributed by atoms with Crippen LogP contribution in [0.4, 0.5) is 8.78 Å². The molecule has 1 saturated carbocycles. The Balaban J connectivity index is 1.49. The first-order chi connectivity index (χ1) is 11.3. The summed E-state index contributed by atoms with van der Waals surface area (Å²) in [5.74, 6) is -4.35. The Hall–Kier alpha value is -2.03. The van der Waals surface area contributed by atoms with Crippen molar-refractivity contribution in [2.75, 3.05) is 26.8 Å². The third-order valence-corrected chi connectivity index (χ3v) is 5.02. The molecule has 132 valence electrons. The summed E-state index contributed by atoms with van der Waals surface area (Å²) in [6.07, 6.45) is 1.36. The Bertz CT molecular complexity index is 662. The van der Waals surface area contributed by atoms with Gasteiger partial charge in [0.25, 0.3) is 5.92 Å². The van der Waals surface area contributed by atoms with Crippen molar-refractivity contribution < 1.29 is 32.3 Å². The SMILES string of the molecule is COC(=O)c1ncoc1COCC(=O)N1CCC2(C)C(C1)C2(F)F. The van der Waals surface area contributed by atoms with E-state index in [9.17, 15) is 18.4 Å². The van der Waals surface area contributed by atoms with Crippen LogP contribution in [0.25, 0.3) is 0 Å². The van der Waals surface area contributed by atoms with E-state index < -0.39 is 23.2 Å². The molecule has 24 heavy (non-hydrogen) atoms. The Morgan fingerprint density at radius 1 is 1.50 bits per heavy atom. The maximum absolute atomic E-state index is 13.7. The van der Waals surface area contributed by atoms with E-state index >= 15 is 0 Å². The van der Waals surface area contributed by atoms with E-state index in [-0.39, 0.29) is 43.5 Å². The number of halogens is 2. The number of piperidine rings is 1. The zero-order valence-electron chi connectivity index (χ0n) is 13.4. The number of esters is 1. The summed E-state index contributed by atoms with van der Waals surface area (Å²) in [6.45, 7) is 1.48. The number of likely N-dealkylation sites (tertiary alicyclic amines) is 1. The molecule has 0 radical (unpaired) electrons. The number of alkyl halides is 2. The fourth-order valence-corrected chi connectivity index (χ4v) is 3.20. The lowest BCUT2D eigenvalue weighted by Gasteiger charge is -2.28. The lowest BCUT2D eigenvalue weighted by Crippen LogP contribution is -2.40. The molecule has 2 heterocycles. The first kappa shape index (κ1) is 16.8. The van der Waals surface area contributed by atoms with Gasteiger partial charge in [0.05, 0.1) is 13.0 Å². The molecule has 0 N–H and O–H groups in total. The van der Waals surface area contributed by atoms with Gasteiger partial charge in [0.15, 0.2) is 17.8 Å². The van der Waals surface area contributed by atoms with Crippen molar-refractivity contribution in [1.82, 2.24) is 9.88 Å². The zero-order valence-corrected chi connectivity index (χ0v) is 13.4. The van der Waals surface area contributed by atoms with Gasteiger partial charge in [0.2, 0.25) is 5.91 Å². The van der Waals surface area contributed by atoms with Gasteiger partial charge >= 0.3 is 5.97 Å². The number of oxazole rings is 1. The van der Waals surface area contributed by atoms with Gasteiger partial charge in [-0.3, -0.25) is 4.79 Å². The Kier molecular flexibility index (Phi) is 4.06. The second kappa shape index (κ2) is 5.80. The predicted octanol–water partition coefficient (Wildman–Crippen LogP) is 1.48. The summed E-state index contributed by atoms with van der Waals surface area (Å²) in [5, 5.41) is 0. The minimum Gasteiger partial charge on any atom is -0.464 e. The highest BCUT2D eigenvalue weighted by atomic mass is 19.3. The molecule has 7 nitrogen and oxygen atoms in total. The highest BCUT2D eigenvalue weighted by Gasteiger charge is 2.78. The summed E-state index contributed by atoms with van der Waals surface area (Å²) < 4.78 is 42.2. The van der Waals surface area contributed by atoms with Crippen LogP contribution in [0.5, 0.6) is 0 Å². The van der Waals surface area contributed by atoms with Crippen molar-refractivity contribution in [2.45, 2.75) is 25.9 Å². The molecular weight excluding hydrogens is 326 g/mol. The molecule has 2 fully saturated rings. The smallest absolute Gasteiger partial charge is 0.360 e. The van der Waals surface area contributed by atoms with E-state index in [1.54, 1.807) is 6.92 Å². The molecular formula is C15H18F2N2O5. The fourth-order valence-electron chi connectivity index (χ4n) is 3.20. The van der Waals surface area contributed by atoms with Crippen molar-refractivity contribution >= 4 is 11.9 Å². The topological polar surface area (TPSA) is 81.9 Å². The monoisotopic (exact) mass is 344 g/mol. The average molecular weight is 344 g/mol. The molecule has 9 heteroatoms. The minimum absolute atomic E-state index is 0.0173. The van der Waals surface area contributed by atoms with Gasteiger partial charge in [-0.2, -0.15) is 0 Å². The lowest BCUT2D eigenvalue weighted by molar-refractivity contribution is -0.138. The predicted molar refractivity (Wildman–Crippen MR) is 75.2 cm³/mol. The number of fused-ring (bicyclic) bond motifs is 1. The quantitative estimate of drug-likeness (QED) is 0.753. The number of hydrogen-bond acceptors (Lipinski definition) is 6. The van der Waals surface area contributed by atoms with Crippen LogP contribution < -0.4 is 0 Å². The van der Waals surface area contributed by atoms with Crippen molar-refractivity contribution in [3.63, 3.8) is 0 Å². The van der Waals surface area contributed by atoms with Crippen LogP contribution >= 0.6 is 0 Å². The van der Waals surface area contributed by atoms with Crippen LogP contribution in [0.15, 0.2) is 10.8 Å². The molecule has 0 bridgehead atoms. The second-order valence-electron chi connectivity index (χ2n) is 6.29. The summed E-state index contributed by atoms with van der Waals surface area (Å²) in [6, 6.07) is 0. The molecule has 1 aromatic rings. The Labute approximate surface area is 136 Å². The number of carbonyl (C=O) groups excluding carboxylic acids is 2. The summed E-state index contributed by atoms with van der Waals surface area (Å²) in [4.78, 5) is 28.6. The molecule has 2 aliphatic rings. The molecule has 0 aromatic carbocycles. The normalized spacial score (nSPS) is 27.5. The molecule has 1 aliphatic heterocycles. The number of methoxy groups -OCH3 is 1. The van der Waals surface area contributed by atoms with Crippen molar-refractivity contribution in [3.05, 3.63) is 17.8 Å². The largest absolute Gasteiger partial charge is 0.464 e. The highest BCUT2D eigenvalue weighted by molar-refractivity contribution is 5.88. The molecule has 2 atom stereocenters. The van der Waals surface area contributed by atoms with Gasteiger partial charge in [-0.15, -0.1) is 0 Å². The van der Waals surface area contributed by atoms with E-state index in [1.807, 2.05) is 0 Å². The van der Waals surface area contributed by atoms with Gasteiger partial charge in [-0.1, -0.05) is 6.92 Å². The first-order valence-electron chi connectivity index (χ1n) is 7.55. The number of amides is 1. The van der Waals surface area contributed by atoms with E-state index in [2.05, 4.69) is 9.72 Å². The van der Waals surface area contributed by atoms with E-state index in [1.165, 1.54) is 12.0 Å². The standard InChI is InChI=1S/C15H18F2N2O5/c1-14-3-4-19(5-10(14)15(14,16)17)11(20)7-23-6-9-12(13(21)22-2)18-8-24-9/h8,10H,3-7H2,1-2H3. The van der Waals surface area contributed by atoms with E-state index in [4.69, 9.17) is 9.15 Å². The van der Waals surface area contributed by atoms with E-state index in [0.717, 1.165) is 6.39 Å². The van der Waals surface area contributed by atoms with Crippen molar-refractivity contribution in [2.24, 2.45) is 11.3 Å². The summed E-state index contributed by atoms with van der Waals surface area (Å²) >= 11 is 0. The maximum atomic E-state index is 13.7. The van der Waals surface area contributed by atoms with Crippen LogP contribution in [-0.2, 0) is 20.9 Å².